The molecule has 0 saturated heterocycles. The molecule has 0 aliphatic heterocycles. The van der Waals surface area contributed by atoms with Gasteiger partial charge in [0.2, 0.25) is 0 Å². The molecule has 1 amide bonds. The Morgan fingerprint density at radius 3 is 2.62 bits per heavy atom. The van der Waals surface area contributed by atoms with Gasteiger partial charge in [-0.25, -0.2) is 0 Å². The fourth-order valence-corrected chi connectivity index (χ4v) is 1.79. The van der Waals surface area contributed by atoms with Gasteiger partial charge in [0.15, 0.2) is 0 Å². The Bertz CT molecular complexity index is 327. The summed E-state index contributed by atoms with van der Waals surface area (Å²) in [5.74, 6) is 0.267. The van der Waals surface area contributed by atoms with Crippen LogP contribution in [0.4, 0.5) is 0 Å². The van der Waals surface area contributed by atoms with E-state index in [2.05, 4.69) is 19.2 Å². The van der Waals surface area contributed by atoms with E-state index in [1.54, 1.807) is 0 Å². The van der Waals surface area contributed by atoms with Gasteiger partial charge in [-0.05, 0) is 24.3 Å². The number of halogens is 1. The van der Waals surface area contributed by atoms with Gasteiger partial charge in [-0.15, -0.1) is 12.4 Å². The zero-order chi connectivity index (χ0) is 11.5. The molecule has 16 heavy (non-hydrogen) atoms. The van der Waals surface area contributed by atoms with Gasteiger partial charge in [-0.3, -0.25) is 4.79 Å². The molecule has 0 fully saturated rings. The minimum absolute atomic E-state index is 0. The highest BCUT2D eigenvalue weighted by molar-refractivity contribution is 7.08. The second kappa shape index (κ2) is 6.23. The molecule has 1 rings (SSSR count). The number of nitrogens with one attached hydrogen (secondary N) is 1. The van der Waals surface area contributed by atoms with Crippen molar-refractivity contribution in [2.75, 3.05) is 6.54 Å². The van der Waals surface area contributed by atoms with E-state index in [-0.39, 0.29) is 23.9 Å². The van der Waals surface area contributed by atoms with Crippen LogP contribution >= 0.6 is 23.7 Å². The number of carbonyl (C=O) groups excluding carboxylic acids is 1. The van der Waals surface area contributed by atoms with Crippen molar-refractivity contribution in [3.8, 4) is 0 Å². The number of nitrogens with two attached hydrogens (primary N) is 1. The molecule has 0 bridgehead atoms. The smallest absolute Gasteiger partial charge is 0.252 e. The zero-order valence-electron chi connectivity index (χ0n) is 9.82. The largest absolute Gasteiger partial charge is 0.345 e. The molecule has 92 valence electrons. The zero-order valence-corrected chi connectivity index (χ0v) is 11.5. The maximum absolute atomic E-state index is 11.8. The maximum atomic E-state index is 11.8. The molecule has 0 aromatic carbocycles. The van der Waals surface area contributed by atoms with Crippen molar-refractivity contribution < 1.29 is 4.79 Å². The van der Waals surface area contributed by atoms with Crippen LogP contribution in [0.5, 0.6) is 0 Å². The van der Waals surface area contributed by atoms with E-state index in [4.69, 9.17) is 5.73 Å². The van der Waals surface area contributed by atoms with E-state index in [1.807, 2.05) is 23.8 Å². The Morgan fingerprint density at radius 2 is 2.25 bits per heavy atom. The Kier molecular flexibility index (Phi) is 6.00. The summed E-state index contributed by atoms with van der Waals surface area (Å²) in [6.07, 6.45) is 0. The summed E-state index contributed by atoms with van der Waals surface area (Å²) in [7, 11) is 0. The second-order valence-corrected chi connectivity index (χ2v) is 5.02. The Balaban J connectivity index is 0.00000225. The minimum Gasteiger partial charge on any atom is -0.345 e. The normalized spacial score (nSPS) is 14.1. The predicted molar refractivity (Wildman–Crippen MR) is 71.3 cm³/mol. The topological polar surface area (TPSA) is 55.1 Å². The van der Waals surface area contributed by atoms with Crippen molar-refractivity contribution in [2.24, 2.45) is 11.7 Å². The highest BCUT2D eigenvalue weighted by Gasteiger charge is 2.28. The van der Waals surface area contributed by atoms with Gasteiger partial charge in [-0.2, -0.15) is 11.3 Å². The average Bonchev–Trinajstić information content (AvgIpc) is 2.70. The molecule has 1 atom stereocenters. The van der Waals surface area contributed by atoms with Crippen LogP contribution in [0.2, 0.25) is 0 Å². The van der Waals surface area contributed by atoms with E-state index in [0.717, 1.165) is 0 Å². The number of carbonyl (C=O) groups is 1. The number of thiophene rings is 1. The highest BCUT2D eigenvalue weighted by atomic mass is 35.5. The van der Waals surface area contributed by atoms with Gasteiger partial charge in [0.1, 0.15) is 0 Å². The number of rotatable bonds is 4. The predicted octanol–water partition coefficient (Wildman–Crippen LogP) is 2.27. The van der Waals surface area contributed by atoms with Gasteiger partial charge >= 0.3 is 0 Å². The lowest BCUT2D eigenvalue weighted by Gasteiger charge is -2.33. The molecule has 0 radical (unpaired) electrons. The Labute approximate surface area is 107 Å². The van der Waals surface area contributed by atoms with Crippen molar-refractivity contribution in [3.63, 3.8) is 0 Å². The van der Waals surface area contributed by atoms with E-state index >= 15 is 0 Å². The van der Waals surface area contributed by atoms with Gasteiger partial charge < -0.3 is 11.1 Å². The summed E-state index contributed by atoms with van der Waals surface area (Å²) in [4.78, 5) is 11.8. The SMILES string of the molecule is CC(C)C(C)(CN)NC(=O)c1ccsc1.Cl. The van der Waals surface area contributed by atoms with E-state index in [0.29, 0.717) is 18.0 Å². The molecule has 1 aromatic rings. The summed E-state index contributed by atoms with van der Waals surface area (Å²) < 4.78 is 0. The van der Waals surface area contributed by atoms with Crippen molar-refractivity contribution in [1.29, 1.82) is 0 Å². The minimum atomic E-state index is -0.334. The van der Waals surface area contributed by atoms with Gasteiger partial charge in [-0.1, -0.05) is 13.8 Å². The summed E-state index contributed by atoms with van der Waals surface area (Å²) >= 11 is 1.52. The first-order valence-corrected chi connectivity index (χ1v) is 5.98. The fraction of sp³-hybridized carbons (Fsp3) is 0.545. The van der Waals surface area contributed by atoms with Gasteiger partial charge in [0.25, 0.3) is 5.91 Å². The highest BCUT2D eigenvalue weighted by Crippen LogP contribution is 2.16. The molecule has 5 heteroatoms. The molecular formula is C11H19ClN2OS. The first-order chi connectivity index (χ1) is 6.99. The van der Waals surface area contributed by atoms with Crippen LogP contribution in [0.15, 0.2) is 16.8 Å². The molecule has 1 aromatic heterocycles. The summed E-state index contributed by atoms with van der Waals surface area (Å²) in [5.41, 5.74) is 6.07. The third kappa shape index (κ3) is 3.47. The molecule has 3 nitrogen and oxygen atoms in total. The van der Waals surface area contributed by atoms with Crippen LogP contribution in [0.1, 0.15) is 31.1 Å². The summed E-state index contributed by atoms with van der Waals surface area (Å²) in [6.45, 7) is 6.53. The van der Waals surface area contributed by atoms with E-state index in [1.165, 1.54) is 11.3 Å². The van der Waals surface area contributed by atoms with Crippen molar-refractivity contribution in [2.45, 2.75) is 26.3 Å². The van der Waals surface area contributed by atoms with Crippen LogP contribution in [-0.4, -0.2) is 18.0 Å². The molecule has 1 heterocycles. The van der Waals surface area contributed by atoms with Crippen LogP contribution in [0, 0.1) is 5.92 Å². The standard InChI is InChI=1S/C11H18N2OS.ClH/c1-8(2)11(3,7-12)13-10(14)9-4-5-15-6-9;/h4-6,8H,7,12H2,1-3H3,(H,13,14);1H. The van der Waals surface area contributed by atoms with Crippen LogP contribution in [0.25, 0.3) is 0 Å². The average molecular weight is 263 g/mol. The monoisotopic (exact) mass is 262 g/mol. The quantitative estimate of drug-likeness (QED) is 0.875. The van der Waals surface area contributed by atoms with E-state index in [9.17, 15) is 4.79 Å². The van der Waals surface area contributed by atoms with Crippen LogP contribution in [-0.2, 0) is 0 Å². The maximum Gasteiger partial charge on any atom is 0.252 e. The lowest BCUT2D eigenvalue weighted by molar-refractivity contribution is 0.0883. The Hall–Kier alpha value is -0.580. The molecule has 0 aliphatic carbocycles. The molecule has 1 unspecified atom stereocenters. The first-order valence-electron chi connectivity index (χ1n) is 5.04. The van der Waals surface area contributed by atoms with E-state index < -0.39 is 0 Å². The summed E-state index contributed by atoms with van der Waals surface area (Å²) in [5, 5.41) is 6.72. The lowest BCUT2D eigenvalue weighted by Crippen LogP contribution is -2.54. The molecule has 0 aliphatic rings. The third-order valence-corrected chi connectivity index (χ3v) is 3.56. The Morgan fingerprint density at radius 1 is 1.62 bits per heavy atom. The second-order valence-electron chi connectivity index (χ2n) is 4.24. The van der Waals surface area contributed by atoms with Gasteiger partial charge in [0, 0.05) is 11.9 Å². The third-order valence-electron chi connectivity index (χ3n) is 2.88. The summed E-state index contributed by atoms with van der Waals surface area (Å²) in [6, 6.07) is 1.82. The number of amides is 1. The molecule has 0 saturated carbocycles. The van der Waals surface area contributed by atoms with Gasteiger partial charge in [0.05, 0.1) is 11.1 Å². The number of hydrogen-bond donors (Lipinski definition) is 2. The van der Waals surface area contributed by atoms with Crippen LogP contribution < -0.4 is 11.1 Å². The molecular weight excluding hydrogens is 244 g/mol. The van der Waals surface area contributed by atoms with Crippen molar-refractivity contribution in [3.05, 3.63) is 22.4 Å². The first kappa shape index (κ1) is 15.4. The molecule has 0 spiro atoms. The van der Waals surface area contributed by atoms with Crippen LogP contribution in [0.3, 0.4) is 0 Å². The van der Waals surface area contributed by atoms with Crippen molar-refractivity contribution >= 4 is 29.7 Å². The number of hydrogen-bond acceptors (Lipinski definition) is 3. The molecule has 3 N–H and O–H groups in total. The fourth-order valence-electron chi connectivity index (χ4n) is 1.16. The van der Waals surface area contributed by atoms with Crippen molar-refractivity contribution in [1.82, 2.24) is 5.32 Å². The lowest BCUT2D eigenvalue weighted by atomic mass is 9.88.